The predicted molar refractivity (Wildman–Crippen MR) is 229 cm³/mol. The minimum absolute atomic E-state index is 0.0484. The third kappa shape index (κ3) is 41.4. The molecule has 0 aliphatic rings. The fourth-order valence-corrected chi connectivity index (χ4v) is 6.68. The summed E-state index contributed by atoms with van der Waals surface area (Å²) in [6, 6.07) is 0. The lowest BCUT2D eigenvalue weighted by Gasteiger charge is -2.19. The Labute approximate surface area is 336 Å². The van der Waals surface area contributed by atoms with E-state index in [-0.39, 0.29) is 32.6 Å². The maximum Gasteiger partial charge on any atom is 0.472 e. The summed E-state index contributed by atoms with van der Waals surface area (Å²) in [5.74, 6) is -0.861. The van der Waals surface area contributed by atoms with E-state index in [0.717, 1.165) is 57.8 Å². The van der Waals surface area contributed by atoms with E-state index in [9.17, 15) is 19.0 Å². The number of hydrogen-bond acceptors (Lipinski definition) is 8. The number of ether oxygens (including phenoxy) is 2. The molecular weight excluding hydrogens is 713 g/mol. The van der Waals surface area contributed by atoms with Gasteiger partial charge in [0, 0.05) is 19.4 Å². The van der Waals surface area contributed by atoms with Crippen molar-refractivity contribution < 1.29 is 37.6 Å². The number of carbonyl (C=O) groups is 2. The van der Waals surface area contributed by atoms with Gasteiger partial charge in [-0.1, -0.05) is 172 Å². The van der Waals surface area contributed by atoms with Crippen LogP contribution in [0.1, 0.15) is 194 Å². The molecular formula is C45H82NO8P. The molecule has 0 aromatic rings. The van der Waals surface area contributed by atoms with Crippen LogP contribution in [0, 0.1) is 0 Å². The van der Waals surface area contributed by atoms with Crippen molar-refractivity contribution >= 4 is 19.8 Å². The number of nitrogens with two attached hydrogens (primary N) is 1. The Morgan fingerprint density at radius 1 is 0.545 bits per heavy atom. The van der Waals surface area contributed by atoms with E-state index >= 15 is 0 Å². The quantitative estimate of drug-likeness (QED) is 0.0268. The van der Waals surface area contributed by atoms with E-state index in [4.69, 9.17) is 24.3 Å². The van der Waals surface area contributed by atoms with Gasteiger partial charge in [-0.05, 0) is 57.8 Å². The summed E-state index contributed by atoms with van der Waals surface area (Å²) in [5, 5.41) is 0. The van der Waals surface area contributed by atoms with Crippen molar-refractivity contribution in [3.05, 3.63) is 48.6 Å². The molecule has 0 amide bonds. The predicted octanol–water partition coefficient (Wildman–Crippen LogP) is 12.7. The van der Waals surface area contributed by atoms with Crippen molar-refractivity contribution in [2.24, 2.45) is 5.73 Å². The lowest BCUT2D eigenvalue weighted by Crippen LogP contribution is -2.29. The summed E-state index contributed by atoms with van der Waals surface area (Å²) < 4.78 is 32.8. The van der Waals surface area contributed by atoms with Crippen molar-refractivity contribution in [2.45, 2.75) is 200 Å². The van der Waals surface area contributed by atoms with Crippen molar-refractivity contribution in [3.8, 4) is 0 Å². The van der Waals surface area contributed by atoms with Crippen molar-refractivity contribution in [2.75, 3.05) is 26.4 Å². The topological polar surface area (TPSA) is 134 Å². The van der Waals surface area contributed by atoms with Crippen molar-refractivity contribution in [1.82, 2.24) is 0 Å². The minimum Gasteiger partial charge on any atom is -0.462 e. The second-order valence-electron chi connectivity index (χ2n) is 14.6. The second-order valence-corrected chi connectivity index (χ2v) is 16.0. The van der Waals surface area contributed by atoms with Gasteiger partial charge in [0.15, 0.2) is 6.10 Å². The molecule has 0 saturated heterocycles. The van der Waals surface area contributed by atoms with Crippen LogP contribution in [0.15, 0.2) is 48.6 Å². The highest BCUT2D eigenvalue weighted by molar-refractivity contribution is 7.47. The first kappa shape index (κ1) is 53.0. The largest absolute Gasteiger partial charge is 0.472 e. The van der Waals surface area contributed by atoms with E-state index < -0.39 is 32.5 Å². The van der Waals surface area contributed by atoms with Gasteiger partial charge in [-0.25, -0.2) is 4.57 Å². The summed E-state index contributed by atoms with van der Waals surface area (Å²) in [6.07, 6.45) is 47.1. The minimum atomic E-state index is -4.38. The number of allylic oxidation sites excluding steroid dienone is 8. The second kappa shape index (κ2) is 41.6. The molecule has 0 aliphatic carbocycles. The van der Waals surface area contributed by atoms with Gasteiger partial charge in [-0.3, -0.25) is 18.6 Å². The van der Waals surface area contributed by atoms with Crippen LogP contribution in [-0.4, -0.2) is 49.3 Å². The van der Waals surface area contributed by atoms with Crippen molar-refractivity contribution in [1.29, 1.82) is 0 Å². The van der Waals surface area contributed by atoms with Crippen LogP contribution >= 0.6 is 7.82 Å². The smallest absolute Gasteiger partial charge is 0.462 e. The molecule has 55 heavy (non-hydrogen) atoms. The molecule has 0 spiro atoms. The molecule has 3 N–H and O–H groups in total. The third-order valence-corrected chi connectivity index (χ3v) is 10.2. The molecule has 2 unspecified atom stereocenters. The zero-order valence-electron chi connectivity index (χ0n) is 35.2. The van der Waals surface area contributed by atoms with Crippen LogP contribution in [-0.2, 0) is 32.7 Å². The first-order chi connectivity index (χ1) is 26.8. The van der Waals surface area contributed by atoms with E-state index in [1.807, 2.05) is 0 Å². The van der Waals surface area contributed by atoms with Gasteiger partial charge in [0.2, 0.25) is 0 Å². The Morgan fingerprint density at radius 3 is 1.44 bits per heavy atom. The third-order valence-electron chi connectivity index (χ3n) is 9.22. The van der Waals surface area contributed by atoms with Crippen LogP contribution in [0.3, 0.4) is 0 Å². The number of unbranched alkanes of at least 4 members (excludes halogenated alkanes) is 20. The van der Waals surface area contributed by atoms with E-state index in [2.05, 4.69) is 62.5 Å². The maximum absolute atomic E-state index is 12.6. The number of phosphoric ester groups is 1. The number of carbonyl (C=O) groups excluding carboxylic acids is 2. The zero-order valence-corrected chi connectivity index (χ0v) is 36.0. The van der Waals surface area contributed by atoms with Crippen LogP contribution in [0.2, 0.25) is 0 Å². The van der Waals surface area contributed by atoms with Gasteiger partial charge in [-0.15, -0.1) is 0 Å². The van der Waals surface area contributed by atoms with E-state index in [1.54, 1.807) is 0 Å². The van der Waals surface area contributed by atoms with E-state index in [0.29, 0.717) is 12.8 Å². The maximum atomic E-state index is 12.6. The number of rotatable bonds is 41. The summed E-state index contributed by atoms with van der Waals surface area (Å²) in [4.78, 5) is 34.9. The SMILES string of the molecule is CCCCCC=CCC=CCC=CCC=CCCCCCC(=O)OCC(COP(=O)(O)OCCN)OC(=O)CCCCCCCCCCCCCCCCC. The van der Waals surface area contributed by atoms with Crippen LogP contribution < -0.4 is 5.73 Å². The monoisotopic (exact) mass is 796 g/mol. The first-order valence-corrected chi connectivity index (χ1v) is 23.6. The van der Waals surface area contributed by atoms with Crippen LogP contribution in [0.4, 0.5) is 0 Å². The summed E-state index contributed by atoms with van der Waals surface area (Å²) >= 11 is 0. The van der Waals surface area contributed by atoms with Gasteiger partial charge in [0.05, 0.1) is 13.2 Å². The van der Waals surface area contributed by atoms with Gasteiger partial charge in [0.1, 0.15) is 6.61 Å². The molecule has 0 saturated carbocycles. The highest BCUT2D eigenvalue weighted by Crippen LogP contribution is 2.43. The fourth-order valence-electron chi connectivity index (χ4n) is 5.91. The molecule has 0 heterocycles. The molecule has 0 aromatic heterocycles. The van der Waals surface area contributed by atoms with Gasteiger partial charge in [-0.2, -0.15) is 0 Å². The number of hydrogen-bond donors (Lipinski definition) is 2. The summed E-state index contributed by atoms with van der Waals surface area (Å²) in [7, 11) is -4.38. The molecule has 0 fully saturated rings. The lowest BCUT2D eigenvalue weighted by molar-refractivity contribution is -0.161. The van der Waals surface area contributed by atoms with Crippen LogP contribution in [0.25, 0.3) is 0 Å². The lowest BCUT2D eigenvalue weighted by atomic mass is 10.0. The number of esters is 2. The average molecular weight is 796 g/mol. The molecule has 10 heteroatoms. The standard InChI is InChI=1S/C45H82NO8P/c1-3-5-7-9-11-13-15-17-19-20-21-22-24-25-27-29-31-33-35-37-44(47)51-41-43(42-53-55(49,50)52-40-39-46)54-45(48)38-36-34-32-30-28-26-23-18-16-14-12-10-8-6-4-2/h11,13,17,19,21-22,25,27,43H,3-10,12,14-16,18,20,23-24,26,28-42,46H2,1-2H3,(H,49,50). The molecule has 0 rings (SSSR count). The normalized spacial score (nSPS) is 13.7. The molecule has 0 radical (unpaired) electrons. The molecule has 0 aliphatic heterocycles. The molecule has 9 nitrogen and oxygen atoms in total. The Balaban J connectivity index is 4.20. The van der Waals surface area contributed by atoms with Gasteiger partial charge < -0.3 is 20.1 Å². The van der Waals surface area contributed by atoms with Crippen LogP contribution in [0.5, 0.6) is 0 Å². The van der Waals surface area contributed by atoms with E-state index in [1.165, 1.54) is 96.3 Å². The van der Waals surface area contributed by atoms with Crippen molar-refractivity contribution in [3.63, 3.8) is 0 Å². The highest BCUT2D eigenvalue weighted by Gasteiger charge is 2.26. The molecule has 320 valence electrons. The van der Waals surface area contributed by atoms with Gasteiger partial charge >= 0.3 is 19.8 Å². The first-order valence-electron chi connectivity index (χ1n) is 22.1. The fraction of sp³-hybridized carbons (Fsp3) is 0.778. The molecule has 2 atom stereocenters. The Hall–Kier alpha value is -2.03. The molecule has 0 bridgehead atoms. The Morgan fingerprint density at radius 2 is 0.945 bits per heavy atom. The summed E-state index contributed by atoms with van der Waals surface area (Å²) in [5.41, 5.74) is 5.35. The zero-order chi connectivity index (χ0) is 40.3. The summed E-state index contributed by atoms with van der Waals surface area (Å²) in [6.45, 7) is 3.67. The highest BCUT2D eigenvalue weighted by atomic mass is 31.2. The average Bonchev–Trinajstić information content (AvgIpc) is 3.17. The number of phosphoric acid groups is 1. The van der Waals surface area contributed by atoms with Gasteiger partial charge in [0.25, 0.3) is 0 Å². The Bertz CT molecular complexity index is 1040. The molecule has 0 aromatic carbocycles. The Kier molecular flexibility index (Phi) is 40.1.